The summed E-state index contributed by atoms with van der Waals surface area (Å²) in [5.41, 5.74) is 0. The molecule has 43 heavy (non-hydrogen) atoms. The predicted octanol–water partition coefficient (Wildman–Crippen LogP) is 5.37. The highest BCUT2D eigenvalue weighted by atomic mass is 32.2. The minimum absolute atomic E-state index is 0.0516. The lowest BCUT2D eigenvalue weighted by Crippen LogP contribution is -2.36. The Bertz CT molecular complexity index is 749. The summed E-state index contributed by atoms with van der Waals surface area (Å²) < 4.78 is 11.0. The second-order valence-corrected chi connectivity index (χ2v) is 13.6. The van der Waals surface area contributed by atoms with E-state index < -0.39 is 0 Å². The molecule has 0 aromatic heterocycles. The quantitative estimate of drug-likeness (QED) is 0.0425. The van der Waals surface area contributed by atoms with Crippen LogP contribution < -0.4 is 21.3 Å². The van der Waals surface area contributed by atoms with Gasteiger partial charge in [0.1, 0.15) is 0 Å². The van der Waals surface area contributed by atoms with Crippen LogP contribution in [-0.4, -0.2) is 86.2 Å². The molecule has 2 rings (SSSR count). The number of thioether (sulfide) groups is 1. The van der Waals surface area contributed by atoms with Gasteiger partial charge in [-0.2, -0.15) is 24.4 Å². The molecular weight excluding hydrogens is 585 g/mol. The number of fused-ring (bicyclic) bond motifs is 1. The molecule has 2 aliphatic heterocycles. The topological polar surface area (TPSA) is 118 Å². The van der Waals surface area contributed by atoms with Crippen LogP contribution in [-0.2, 0) is 19.1 Å². The van der Waals surface area contributed by atoms with Crippen LogP contribution in [0.4, 0.5) is 4.79 Å². The van der Waals surface area contributed by atoms with Gasteiger partial charge in [0.15, 0.2) is 0 Å². The van der Waals surface area contributed by atoms with Crippen molar-refractivity contribution in [3.05, 3.63) is 0 Å². The number of carbonyl (C=O) groups excluding carboxylic acids is 3. The zero-order valence-corrected chi connectivity index (χ0v) is 28.2. The zero-order valence-electron chi connectivity index (χ0n) is 26.5. The summed E-state index contributed by atoms with van der Waals surface area (Å²) in [6, 6.07) is 0.430. The van der Waals surface area contributed by atoms with Crippen molar-refractivity contribution >= 4 is 42.2 Å². The molecule has 9 nitrogen and oxygen atoms in total. The van der Waals surface area contributed by atoms with E-state index in [1.54, 1.807) is 0 Å². The first-order chi connectivity index (χ1) is 21.1. The number of thiol groups is 1. The molecule has 11 heteroatoms. The highest BCUT2D eigenvalue weighted by Crippen LogP contribution is 2.33. The lowest BCUT2D eigenvalue weighted by Gasteiger charge is -2.16. The van der Waals surface area contributed by atoms with Gasteiger partial charge in [0.25, 0.3) is 0 Å². The number of nitrogens with one attached hydrogen (secondary N) is 4. The summed E-state index contributed by atoms with van der Waals surface area (Å²) in [6.45, 7) is 2.88. The number of unbranched alkanes of at least 4 members (excludes halogenated alkanes) is 13. The van der Waals surface area contributed by atoms with Crippen molar-refractivity contribution in [1.82, 2.24) is 21.3 Å². The average molecular weight is 645 g/mol. The van der Waals surface area contributed by atoms with Crippen LogP contribution in [0.15, 0.2) is 0 Å². The summed E-state index contributed by atoms with van der Waals surface area (Å²) in [7, 11) is 0. The fourth-order valence-electron chi connectivity index (χ4n) is 5.64. The van der Waals surface area contributed by atoms with E-state index in [0.29, 0.717) is 57.6 Å². The molecule has 0 aromatic carbocycles. The molecule has 4 amide bonds. The van der Waals surface area contributed by atoms with Crippen molar-refractivity contribution < 1.29 is 23.9 Å². The van der Waals surface area contributed by atoms with E-state index in [0.717, 1.165) is 43.6 Å². The number of rotatable bonds is 29. The second kappa shape index (κ2) is 26.1. The minimum atomic E-state index is -0.0540. The Morgan fingerprint density at radius 3 is 1.72 bits per heavy atom. The van der Waals surface area contributed by atoms with E-state index in [4.69, 9.17) is 9.47 Å². The molecule has 0 radical (unpaired) electrons. The number of hydrogen-bond acceptors (Lipinski definition) is 7. The summed E-state index contributed by atoms with van der Waals surface area (Å²) in [6.07, 6.45) is 20.7. The second-order valence-electron chi connectivity index (χ2n) is 11.9. The molecule has 2 fully saturated rings. The van der Waals surface area contributed by atoms with Crippen molar-refractivity contribution in [3.63, 3.8) is 0 Å². The largest absolute Gasteiger partial charge is 0.377 e. The Morgan fingerprint density at radius 2 is 1.19 bits per heavy atom. The molecule has 0 aromatic rings. The number of carbonyl (C=O) groups is 3. The van der Waals surface area contributed by atoms with Gasteiger partial charge < -0.3 is 30.7 Å². The number of ether oxygens (including phenoxy) is 2. The maximum Gasteiger partial charge on any atom is 0.315 e. The number of hydrogen-bond donors (Lipinski definition) is 5. The van der Waals surface area contributed by atoms with Gasteiger partial charge >= 0.3 is 6.03 Å². The number of urea groups is 1. The summed E-state index contributed by atoms with van der Waals surface area (Å²) >= 11 is 6.17. The predicted molar refractivity (Wildman–Crippen MR) is 180 cm³/mol. The smallest absolute Gasteiger partial charge is 0.315 e. The summed E-state index contributed by atoms with van der Waals surface area (Å²) in [5.74, 6) is 2.15. The SMILES string of the molecule is O=C(CCCCCCCCCCCCCCCS)NCCOCCOCCNC(=O)CCCC[C@@H]1SC[C@@H]2NC(=O)N[C@@H]21. The van der Waals surface area contributed by atoms with Crippen LogP contribution in [0.3, 0.4) is 0 Å². The van der Waals surface area contributed by atoms with E-state index in [1.165, 1.54) is 70.6 Å². The first-order valence-corrected chi connectivity index (χ1v) is 18.8. The van der Waals surface area contributed by atoms with E-state index in [-0.39, 0.29) is 29.9 Å². The Hall–Kier alpha value is -1.17. The maximum absolute atomic E-state index is 12.0. The first-order valence-electron chi connectivity index (χ1n) is 17.1. The third-order valence-electron chi connectivity index (χ3n) is 8.15. The van der Waals surface area contributed by atoms with Crippen molar-refractivity contribution in [2.24, 2.45) is 0 Å². The fourth-order valence-corrected chi connectivity index (χ4v) is 7.41. The molecule has 2 aliphatic rings. The molecule has 0 aliphatic carbocycles. The van der Waals surface area contributed by atoms with Crippen molar-refractivity contribution in [2.45, 2.75) is 133 Å². The van der Waals surface area contributed by atoms with Gasteiger partial charge in [0.2, 0.25) is 11.8 Å². The van der Waals surface area contributed by atoms with Crippen molar-refractivity contribution in [2.75, 3.05) is 51.0 Å². The minimum Gasteiger partial charge on any atom is -0.377 e. The third kappa shape index (κ3) is 19.8. The lowest BCUT2D eigenvalue weighted by molar-refractivity contribution is -0.122. The average Bonchev–Trinajstić information content (AvgIpc) is 3.55. The monoisotopic (exact) mass is 644 g/mol. The summed E-state index contributed by atoms with van der Waals surface area (Å²) in [5, 5.41) is 12.2. The molecule has 0 bridgehead atoms. The molecule has 3 atom stereocenters. The Labute approximate surface area is 270 Å². The van der Waals surface area contributed by atoms with Gasteiger partial charge in [-0.05, 0) is 31.4 Å². The molecule has 2 heterocycles. The Kier molecular flexibility index (Phi) is 23.1. The Balaban J connectivity index is 1.23. The van der Waals surface area contributed by atoms with E-state index in [2.05, 4.69) is 33.9 Å². The Morgan fingerprint density at radius 1 is 0.698 bits per heavy atom. The summed E-state index contributed by atoms with van der Waals surface area (Å²) in [4.78, 5) is 35.4. The van der Waals surface area contributed by atoms with Gasteiger partial charge in [0.05, 0.1) is 38.5 Å². The first kappa shape index (κ1) is 38.0. The van der Waals surface area contributed by atoms with E-state index >= 15 is 0 Å². The standard InChI is InChI=1S/C32H60N4O5S2/c37-29(17-12-10-8-6-4-2-1-3-5-7-9-11-15-25-42)33-19-21-40-23-24-41-22-20-34-30(38)18-14-13-16-28-31-27(26-43-28)35-32(39)36-31/h27-28,31,42H,1-26H2,(H,33,37)(H,34,38)(H2,35,36,39)/t27-,28-,31-/m0/s1. The lowest BCUT2D eigenvalue weighted by atomic mass is 10.0. The van der Waals surface area contributed by atoms with Crippen LogP contribution in [0.2, 0.25) is 0 Å². The van der Waals surface area contributed by atoms with Crippen molar-refractivity contribution in [3.8, 4) is 0 Å². The molecular formula is C32H60N4O5S2. The molecule has 250 valence electrons. The van der Waals surface area contributed by atoms with Gasteiger partial charge in [-0.25, -0.2) is 4.79 Å². The molecule has 0 unspecified atom stereocenters. The van der Waals surface area contributed by atoms with Crippen LogP contribution in [0, 0.1) is 0 Å². The zero-order chi connectivity index (χ0) is 30.8. The molecule has 0 spiro atoms. The van der Waals surface area contributed by atoms with Crippen molar-refractivity contribution in [1.29, 1.82) is 0 Å². The highest BCUT2D eigenvalue weighted by Gasteiger charge is 2.42. The fraction of sp³-hybridized carbons (Fsp3) is 0.906. The number of amides is 4. The van der Waals surface area contributed by atoms with E-state index in [1.807, 2.05) is 11.8 Å². The molecule has 0 saturated carbocycles. The van der Waals surface area contributed by atoms with Crippen LogP contribution in [0.25, 0.3) is 0 Å². The van der Waals surface area contributed by atoms with E-state index in [9.17, 15) is 14.4 Å². The van der Waals surface area contributed by atoms with Gasteiger partial charge in [-0.3, -0.25) is 9.59 Å². The highest BCUT2D eigenvalue weighted by molar-refractivity contribution is 8.00. The normalized spacial score (nSPS) is 19.2. The maximum atomic E-state index is 12.0. The third-order valence-corrected chi connectivity index (χ3v) is 9.98. The van der Waals surface area contributed by atoms with Crippen LogP contribution in [0.5, 0.6) is 0 Å². The van der Waals surface area contributed by atoms with Gasteiger partial charge in [-0.15, -0.1) is 0 Å². The van der Waals surface area contributed by atoms with Gasteiger partial charge in [-0.1, -0.05) is 77.0 Å². The molecule has 2 saturated heterocycles. The molecule has 4 N–H and O–H groups in total. The van der Waals surface area contributed by atoms with Crippen LogP contribution >= 0.6 is 24.4 Å². The van der Waals surface area contributed by atoms with Crippen LogP contribution in [0.1, 0.15) is 116 Å². The van der Waals surface area contributed by atoms with Gasteiger partial charge in [0, 0.05) is 36.9 Å².